The van der Waals surface area contributed by atoms with E-state index < -0.39 is 0 Å². The molecule has 1 spiro atoms. The first kappa shape index (κ1) is 13.5. The first-order chi connectivity index (χ1) is 11.4. The number of thiophene rings is 1. The number of ether oxygens (including phenoxy) is 1. The molecule has 23 heavy (non-hydrogen) atoms. The van der Waals surface area contributed by atoms with Gasteiger partial charge in [0.05, 0.1) is 12.2 Å². The molecule has 3 aromatic rings. The van der Waals surface area contributed by atoms with Gasteiger partial charge in [-0.1, -0.05) is 6.07 Å². The first-order valence-electron chi connectivity index (χ1n) is 8.11. The van der Waals surface area contributed by atoms with Crippen LogP contribution in [0.3, 0.4) is 0 Å². The third-order valence-corrected chi connectivity index (χ3v) is 6.07. The van der Waals surface area contributed by atoms with Gasteiger partial charge in [0, 0.05) is 30.6 Å². The van der Waals surface area contributed by atoms with Crippen LogP contribution < -0.4 is 4.90 Å². The van der Waals surface area contributed by atoms with Crippen LogP contribution in [0.15, 0.2) is 35.8 Å². The fourth-order valence-electron chi connectivity index (χ4n) is 3.88. The molecule has 0 aliphatic carbocycles. The molecule has 0 atom stereocenters. The van der Waals surface area contributed by atoms with E-state index in [0.717, 1.165) is 50.6 Å². The van der Waals surface area contributed by atoms with Crippen LogP contribution in [-0.4, -0.2) is 34.3 Å². The van der Waals surface area contributed by atoms with Crippen molar-refractivity contribution in [1.82, 2.24) is 14.6 Å². The predicted molar refractivity (Wildman–Crippen MR) is 90.1 cm³/mol. The van der Waals surface area contributed by atoms with Crippen LogP contribution in [0.5, 0.6) is 0 Å². The Morgan fingerprint density at radius 2 is 2.04 bits per heavy atom. The van der Waals surface area contributed by atoms with Crippen LogP contribution in [0.1, 0.15) is 23.3 Å². The zero-order valence-corrected chi connectivity index (χ0v) is 13.6. The second-order valence-corrected chi connectivity index (χ2v) is 7.27. The lowest BCUT2D eigenvalue weighted by Crippen LogP contribution is -2.46. The highest BCUT2D eigenvalue weighted by molar-refractivity contribution is 7.10. The Hall–Kier alpha value is -1.92. The fourth-order valence-corrected chi connectivity index (χ4v) is 4.83. The van der Waals surface area contributed by atoms with E-state index in [0.29, 0.717) is 0 Å². The molecule has 2 aliphatic heterocycles. The lowest BCUT2D eigenvalue weighted by atomic mass is 9.82. The lowest BCUT2D eigenvalue weighted by Gasteiger charge is -2.44. The van der Waals surface area contributed by atoms with Gasteiger partial charge in [0.2, 0.25) is 5.95 Å². The van der Waals surface area contributed by atoms with Crippen LogP contribution >= 0.6 is 11.3 Å². The highest BCUT2D eigenvalue weighted by Crippen LogP contribution is 2.43. The predicted octanol–water partition coefficient (Wildman–Crippen LogP) is 2.86. The van der Waals surface area contributed by atoms with Gasteiger partial charge in [-0.2, -0.15) is 0 Å². The molecule has 0 bridgehead atoms. The van der Waals surface area contributed by atoms with Gasteiger partial charge >= 0.3 is 0 Å². The zero-order valence-electron chi connectivity index (χ0n) is 12.8. The molecule has 1 saturated heterocycles. The van der Waals surface area contributed by atoms with Crippen LogP contribution in [0.4, 0.5) is 5.95 Å². The molecule has 0 unspecified atom stereocenters. The fraction of sp³-hybridized carbons (Fsp3) is 0.412. The molecular weight excluding hydrogens is 308 g/mol. The smallest absolute Gasteiger partial charge is 0.231 e. The minimum Gasteiger partial charge on any atom is -0.370 e. The van der Waals surface area contributed by atoms with Crippen molar-refractivity contribution < 1.29 is 4.74 Å². The second kappa shape index (κ2) is 5.04. The molecule has 0 saturated carbocycles. The molecule has 0 radical (unpaired) electrons. The summed E-state index contributed by atoms with van der Waals surface area (Å²) in [4.78, 5) is 3.84. The molecular formula is C17H18N4OS. The summed E-state index contributed by atoms with van der Waals surface area (Å²) in [5, 5.41) is 10.9. The number of anilines is 1. The Morgan fingerprint density at radius 3 is 2.96 bits per heavy atom. The van der Waals surface area contributed by atoms with Crippen LogP contribution in [0.2, 0.25) is 0 Å². The third-order valence-electron chi connectivity index (χ3n) is 5.09. The Labute approximate surface area is 138 Å². The summed E-state index contributed by atoms with van der Waals surface area (Å²) in [7, 11) is 0. The van der Waals surface area contributed by atoms with Gasteiger partial charge in [-0.05, 0) is 42.0 Å². The van der Waals surface area contributed by atoms with E-state index in [9.17, 15) is 0 Å². The van der Waals surface area contributed by atoms with Gasteiger partial charge in [0.1, 0.15) is 0 Å². The van der Waals surface area contributed by atoms with Gasteiger partial charge in [-0.25, -0.2) is 0 Å². The maximum atomic E-state index is 6.28. The van der Waals surface area contributed by atoms with E-state index in [2.05, 4.69) is 30.9 Å². The average Bonchev–Trinajstić information content (AvgIpc) is 3.23. The van der Waals surface area contributed by atoms with Crippen molar-refractivity contribution >= 4 is 22.9 Å². The van der Waals surface area contributed by atoms with Crippen LogP contribution in [0, 0.1) is 0 Å². The van der Waals surface area contributed by atoms with Crippen molar-refractivity contribution in [2.45, 2.75) is 24.9 Å². The van der Waals surface area contributed by atoms with Crippen LogP contribution in [0.25, 0.3) is 5.65 Å². The number of pyridine rings is 1. The molecule has 2 aliphatic rings. The summed E-state index contributed by atoms with van der Waals surface area (Å²) in [6.07, 6.45) is 5.12. The maximum Gasteiger partial charge on any atom is 0.231 e. The van der Waals surface area contributed by atoms with Crippen LogP contribution in [-0.2, 0) is 16.8 Å². The summed E-state index contributed by atoms with van der Waals surface area (Å²) in [6.45, 7) is 2.75. The largest absolute Gasteiger partial charge is 0.370 e. The second-order valence-electron chi connectivity index (χ2n) is 6.27. The van der Waals surface area contributed by atoms with E-state index in [1.807, 2.05) is 35.7 Å². The molecule has 0 aromatic carbocycles. The minimum absolute atomic E-state index is 0.0788. The number of aromatic nitrogens is 3. The van der Waals surface area contributed by atoms with Gasteiger partial charge in [0.25, 0.3) is 0 Å². The molecule has 3 aromatic heterocycles. The van der Waals surface area contributed by atoms with E-state index in [1.54, 1.807) is 0 Å². The standard InChI is InChI=1S/C17H18N4OS/c1-2-8-21-15(3-1)18-19-16(21)20-9-6-17(7-10-20)13-5-12-23-14(13)4-11-22-17/h1-3,5,8,12H,4,6-7,9-11H2. The number of hydrogen-bond donors (Lipinski definition) is 0. The molecule has 5 nitrogen and oxygen atoms in total. The Morgan fingerprint density at radius 1 is 1.13 bits per heavy atom. The van der Waals surface area contributed by atoms with Crippen molar-refractivity contribution in [3.63, 3.8) is 0 Å². The molecule has 6 heteroatoms. The average molecular weight is 326 g/mol. The van der Waals surface area contributed by atoms with E-state index >= 15 is 0 Å². The SMILES string of the molecule is c1ccn2c(N3CCC4(CC3)OCCc3sccc34)nnc2c1. The van der Waals surface area contributed by atoms with Crippen molar-refractivity contribution in [3.8, 4) is 0 Å². The molecule has 5 rings (SSSR count). The summed E-state index contributed by atoms with van der Waals surface area (Å²) < 4.78 is 8.35. The number of rotatable bonds is 1. The number of nitrogens with zero attached hydrogens (tertiary/aromatic N) is 4. The molecule has 0 N–H and O–H groups in total. The van der Waals surface area contributed by atoms with Gasteiger partial charge in [-0.3, -0.25) is 4.40 Å². The first-order valence-corrected chi connectivity index (χ1v) is 8.99. The molecule has 5 heterocycles. The Kier molecular flexibility index (Phi) is 2.96. The van der Waals surface area contributed by atoms with Crippen molar-refractivity contribution in [2.75, 3.05) is 24.6 Å². The Balaban J connectivity index is 1.43. The summed E-state index contributed by atoms with van der Waals surface area (Å²) in [5.41, 5.74) is 2.25. The molecule has 0 amide bonds. The topological polar surface area (TPSA) is 42.7 Å². The maximum absolute atomic E-state index is 6.28. The quantitative estimate of drug-likeness (QED) is 0.690. The number of hydrogen-bond acceptors (Lipinski definition) is 5. The lowest BCUT2D eigenvalue weighted by molar-refractivity contribution is -0.0758. The number of fused-ring (bicyclic) bond motifs is 3. The van der Waals surface area contributed by atoms with Gasteiger partial charge in [-0.15, -0.1) is 21.5 Å². The highest BCUT2D eigenvalue weighted by atomic mass is 32.1. The Bertz CT molecular complexity index is 847. The van der Waals surface area contributed by atoms with Gasteiger partial charge < -0.3 is 9.64 Å². The van der Waals surface area contributed by atoms with Crippen molar-refractivity contribution in [3.05, 3.63) is 46.3 Å². The summed E-state index contributed by atoms with van der Waals surface area (Å²) in [6, 6.07) is 8.27. The van der Waals surface area contributed by atoms with E-state index in [1.165, 1.54) is 10.4 Å². The van der Waals surface area contributed by atoms with E-state index in [-0.39, 0.29) is 5.60 Å². The zero-order chi connectivity index (χ0) is 15.3. The number of piperidine rings is 1. The highest BCUT2D eigenvalue weighted by Gasteiger charge is 2.41. The molecule has 1 fully saturated rings. The normalized spacial score (nSPS) is 20.1. The van der Waals surface area contributed by atoms with Crippen molar-refractivity contribution in [2.24, 2.45) is 0 Å². The van der Waals surface area contributed by atoms with Gasteiger partial charge in [0.15, 0.2) is 5.65 Å². The third kappa shape index (κ3) is 2.01. The summed E-state index contributed by atoms with van der Waals surface area (Å²) in [5.74, 6) is 0.941. The van der Waals surface area contributed by atoms with Crippen molar-refractivity contribution in [1.29, 1.82) is 0 Å². The monoisotopic (exact) mass is 326 g/mol. The minimum atomic E-state index is -0.0788. The summed E-state index contributed by atoms with van der Waals surface area (Å²) >= 11 is 1.87. The van der Waals surface area contributed by atoms with E-state index in [4.69, 9.17) is 4.74 Å². The molecule has 118 valence electrons.